The molecule has 2 bridgehead atoms. The predicted molar refractivity (Wildman–Crippen MR) is 151 cm³/mol. The highest BCUT2D eigenvalue weighted by Gasteiger charge is 2.56. The largest absolute Gasteiger partial charge is 0.376 e. The van der Waals surface area contributed by atoms with Gasteiger partial charge in [-0.1, -0.05) is 20.4 Å². The van der Waals surface area contributed by atoms with Gasteiger partial charge in [-0.05, 0) is 31.4 Å². The Morgan fingerprint density at radius 1 is 1.31 bits per heavy atom. The molecular formula is C28H43FN10O3. The third-order valence-corrected chi connectivity index (χ3v) is 9.79. The van der Waals surface area contributed by atoms with Crippen LogP contribution in [-0.2, 0) is 9.53 Å². The quantitative estimate of drug-likeness (QED) is 0.284. The molecular weight excluding hydrogens is 543 g/mol. The number of halogens is 1. The van der Waals surface area contributed by atoms with Gasteiger partial charge in [-0.15, -0.1) is 5.53 Å². The van der Waals surface area contributed by atoms with Crippen LogP contribution in [0.5, 0.6) is 0 Å². The second kappa shape index (κ2) is 12.0. The zero-order valence-corrected chi connectivity index (χ0v) is 24.3. The number of urea groups is 1. The summed E-state index contributed by atoms with van der Waals surface area (Å²) in [4.78, 5) is 32.5. The van der Waals surface area contributed by atoms with Crippen molar-refractivity contribution in [2.75, 3.05) is 32.8 Å². The van der Waals surface area contributed by atoms with Crippen LogP contribution in [0.4, 0.5) is 9.18 Å². The van der Waals surface area contributed by atoms with E-state index in [0.29, 0.717) is 32.7 Å². The van der Waals surface area contributed by atoms with Crippen molar-refractivity contribution in [1.82, 2.24) is 46.6 Å². The molecule has 5 fully saturated rings. The zero-order valence-electron chi connectivity index (χ0n) is 24.3. The molecule has 0 spiro atoms. The Kier molecular flexibility index (Phi) is 8.30. The Bertz CT molecular complexity index is 1130. The highest BCUT2D eigenvalue weighted by Crippen LogP contribution is 2.39. The Morgan fingerprint density at radius 3 is 2.90 bits per heavy atom. The van der Waals surface area contributed by atoms with Crippen molar-refractivity contribution >= 4 is 11.9 Å². The smallest absolute Gasteiger partial charge is 0.320 e. The van der Waals surface area contributed by atoms with Crippen LogP contribution >= 0.6 is 0 Å². The number of nitrogens with zero attached hydrogens (tertiary/aromatic N) is 5. The lowest BCUT2D eigenvalue weighted by molar-refractivity contribution is -0.135. The predicted octanol–water partition coefficient (Wildman–Crippen LogP) is -0.108. The molecule has 0 aliphatic carbocycles. The van der Waals surface area contributed by atoms with Gasteiger partial charge in [-0.2, -0.15) is 5.26 Å². The molecule has 0 radical (unpaired) electrons. The number of carbonyl (C=O) groups is 2. The molecule has 230 valence electrons. The highest BCUT2D eigenvalue weighted by molar-refractivity contribution is 5.87. The number of hydrogen-bond donors (Lipinski definition) is 5. The van der Waals surface area contributed by atoms with E-state index in [4.69, 9.17) is 4.74 Å². The monoisotopic (exact) mass is 586 g/mol. The number of amides is 3. The highest BCUT2D eigenvalue weighted by atomic mass is 19.1. The minimum Gasteiger partial charge on any atom is -0.376 e. The third-order valence-electron chi connectivity index (χ3n) is 9.79. The number of rotatable bonds is 4. The van der Waals surface area contributed by atoms with E-state index in [-0.39, 0.29) is 60.8 Å². The molecule has 5 N–H and O–H groups in total. The van der Waals surface area contributed by atoms with E-state index in [0.717, 1.165) is 18.7 Å². The van der Waals surface area contributed by atoms with Crippen LogP contribution in [0.15, 0.2) is 24.6 Å². The first kappa shape index (κ1) is 29.1. The normalized spacial score (nSPS) is 38.7. The Labute approximate surface area is 246 Å². The molecule has 6 rings (SSSR count). The van der Waals surface area contributed by atoms with Crippen LogP contribution in [0.3, 0.4) is 0 Å². The molecule has 9 atom stereocenters. The molecule has 9 unspecified atom stereocenters. The first-order valence-corrected chi connectivity index (χ1v) is 15.2. The van der Waals surface area contributed by atoms with Crippen LogP contribution in [-0.4, -0.2) is 113 Å². The summed E-state index contributed by atoms with van der Waals surface area (Å²) in [6.07, 6.45) is 1.83. The minimum absolute atomic E-state index is 0.00286. The molecule has 6 heterocycles. The number of nitriles is 1. The second-order valence-electron chi connectivity index (χ2n) is 12.4. The summed E-state index contributed by atoms with van der Waals surface area (Å²) in [7, 11) is 0. The van der Waals surface area contributed by atoms with E-state index < -0.39 is 24.7 Å². The van der Waals surface area contributed by atoms with E-state index in [2.05, 4.69) is 58.3 Å². The third kappa shape index (κ3) is 5.11. The van der Waals surface area contributed by atoms with Gasteiger partial charge in [0.1, 0.15) is 12.3 Å². The number of piperazine rings is 1. The summed E-state index contributed by atoms with van der Waals surface area (Å²) in [6.45, 7) is 10.5. The number of hydrogen-bond acceptors (Lipinski definition) is 10. The fourth-order valence-corrected chi connectivity index (χ4v) is 7.84. The van der Waals surface area contributed by atoms with Crippen LogP contribution < -0.4 is 26.9 Å². The number of carbonyl (C=O) groups excluding carboxylic acids is 2. The Balaban J connectivity index is 1.36. The Morgan fingerprint density at radius 2 is 2.14 bits per heavy atom. The molecule has 14 heteroatoms. The Hall–Kier alpha value is -2.96. The van der Waals surface area contributed by atoms with Gasteiger partial charge in [0.25, 0.3) is 0 Å². The van der Waals surface area contributed by atoms with E-state index in [1.165, 1.54) is 6.08 Å². The molecule has 42 heavy (non-hydrogen) atoms. The van der Waals surface area contributed by atoms with Crippen LogP contribution in [0.2, 0.25) is 0 Å². The maximum Gasteiger partial charge on any atom is 0.320 e. The second-order valence-corrected chi connectivity index (χ2v) is 12.4. The molecule has 5 saturated heterocycles. The molecule has 0 aromatic rings. The standard InChI is InChI=1S/C28H43FN10O3/c1-4-22(40)37-11-10-36(15-18(37)5-8-30)25-19-13-20(29)27-33-26(19)38(28(41)34-25)24-21(6-9-31-23(24)16(2)3)42-12-7-17-14-32-35-39(17)27/h4,14,16,18-21,23-27,31-33,35H,1,5-7,9-13,15H2,2-3H3,(H,34,41). The molecule has 0 aromatic carbocycles. The van der Waals surface area contributed by atoms with Crippen molar-refractivity contribution < 1.29 is 18.7 Å². The van der Waals surface area contributed by atoms with Gasteiger partial charge in [0.2, 0.25) is 5.91 Å². The number of fused-ring (bicyclic) bond motifs is 5. The molecule has 6 aliphatic rings. The van der Waals surface area contributed by atoms with E-state index >= 15 is 4.39 Å². The number of hydrazine groups is 2. The van der Waals surface area contributed by atoms with Crippen LogP contribution in [0.25, 0.3) is 0 Å². The van der Waals surface area contributed by atoms with Crippen molar-refractivity contribution in [2.45, 2.75) is 88.4 Å². The number of alkyl halides is 1. The lowest BCUT2D eigenvalue weighted by atomic mass is 9.81. The lowest BCUT2D eigenvalue weighted by Crippen LogP contribution is -2.80. The summed E-state index contributed by atoms with van der Waals surface area (Å²) in [5.74, 6) is -0.269. The van der Waals surface area contributed by atoms with Crippen molar-refractivity contribution in [1.29, 1.82) is 5.26 Å². The number of ether oxygens (including phenoxy) is 1. The van der Waals surface area contributed by atoms with Gasteiger partial charge in [0.05, 0.1) is 55.3 Å². The SMILES string of the molecule is C=CC(=O)N1CCN(C2NC(=O)N3C4NC(C(F)CC24)N2NNC=C2CCOC2CCNC(C(C)C)C23)CC1CC#N. The van der Waals surface area contributed by atoms with E-state index in [1.54, 1.807) is 9.91 Å². The number of piperidine rings is 2. The van der Waals surface area contributed by atoms with Gasteiger partial charge in [0, 0.05) is 44.2 Å². The zero-order chi connectivity index (χ0) is 29.5. The first-order chi connectivity index (χ1) is 20.3. The van der Waals surface area contributed by atoms with Gasteiger partial charge < -0.3 is 30.6 Å². The van der Waals surface area contributed by atoms with Gasteiger partial charge in [-0.3, -0.25) is 20.0 Å². The van der Waals surface area contributed by atoms with Crippen molar-refractivity contribution in [2.24, 2.45) is 11.8 Å². The van der Waals surface area contributed by atoms with Crippen molar-refractivity contribution in [3.63, 3.8) is 0 Å². The summed E-state index contributed by atoms with van der Waals surface area (Å²) in [6, 6.07) is 1.38. The van der Waals surface area contributed by atoms with Crippen LogP contribution in [0.1, 0.15) is 39.5 Å². The maximum absolute atomic E-state index is 16.2. The molecule has 13 nitrogen and oxygen atoms in total. The first-order valence-electron chi connectivity index (χ1n) is 15.2. The van der Waals surface area contributed by atoms with E-state index in [9.17, 15) is 14.9 Å². The topological polar surface area (TPSA) is 140 Å². The molecule has 0 aromatic heterocycles. The minimum atomic E-state index is -1.23. The fourth-order valence-electron chi connectivity index (χ4n) is 7.84. The van der Waals surface area contributed by atoms with Gasteiger partial charge in [0.15, 0.2) is 0 Å². The lowest BCUT2D eigenvalue weighted by Gasteiger charge is -2.59. The maximum atomic E-state index is 16.2. The van der Waals surface area contributed by atoms with Gasteiger partial charge >= 0.3 is 6.03 Å². The average Bonchev–Trinajstić information content (AvgIpc) is 3.44. The average molecular weight is 587 g/mol. The molecule has 3 amide bonds. The van der Waals surface area contributed by atoms with Crippen LogP contribution in [0, 0.1) is 23.2 Å². The van der Waals surface area contributed by atoms with Gasteiger partial charge in [-0.25, -0.2) is 9.18 Å². The van der Waals surface area contributed by atoms with E-state index in [1.807, 2.05) is 11.1 Å². The fraction of sp³-hybridized carbons (Fsp3) is 0.750. The molecule has 6 aliphatic heterocycles. The summed E-state index contributed by atoms with van der Waals surface area (Å²) >= 11 is 0. The summed E-state index contributed by atoms with van der Waals surface area (Å²) in [5.41, 5.74) is 6.98. The number of nitrogens with one attached hydrogen (secondary N) is 5. The van der Waals surface area contributed by atoms with Crippen molar-refractivity contribution in [3.05, 3.63) is 24.6 Å². The summed E-state index contributed by atoms with van der Waals surface area (Å²) < 4.78 is 22.7. The van der Waals surface area contributed by atoms with Crippen molar-refractivity contribution in [3.8, 4) is 6.07 Å². The molecule has 0 saturated carbocycles. The summed E-state index contributed by atoms with van der Waals surface area (Å²) in [5, 5.41) is 21.8.